The first-order chi connectivity index (χ1) is 37.9. The Balaban J connectivity index is 0.000000190. The molecule has 4 N–H and O–H groups in total. The first kappa shape index (κ1) is 55.3. The maximum atomic E-state index is 13.4. The number of carbonyl (C=O) groups excluding carboxylic acids is 2. The van der Waals surface area contributed by atoms with Gasteiger partial charge in [-0.2, -0.15) is 0 Å². The van der Waals surface area contributed by atoms with E-state index in [9.17, 15) is 36.8 Å². The summed E-state index contributed by atoms with van der Waals surface area (Å²) < 4.78 is 72.2. The van der Waals surface area contributed by atoms with Gasteiger partial charge in [0, 0.05) is 26.4 Å². The van der Waals surface area contributed by atoms with Crippen LogP contribution >= 0.6 is 0 Å². The number of amides is 2. The zero-order valence-electron chi connectivity index (χ0n) is 43.0. The Hall–Kier alpha value is -7.44. The van der Waals surface area contributed by atoms with Crippen molar-refractivity contribution in [3.8, 4) is 33.8 Å². The molecule has 0 spiro atoms. The molecule has 16 heteroatoms. The Kier molecular flexibility index (Phi) is 17.7. The van der Waals surface area contributed by atoms with Crippen LogP contribution in [0, 0.1) is 0 Å². The third kappa shape index (κ3) is 12.0. The topological polar surface area (TPSA) is 204 Å². The van der Waals surface area contributed by atoms with Crippen LogP contribution < -0.4 is 20.4 Å². The Morgan fingerprint density at radius 3 is 1.42 bits per heavy atom. The van der Waals surface area contributed by atoms with Gasteiger partial charge in [0.1, 0.15) is 11.5 Å². The molecule has 0 atom stereocenters. The summed E-state index contributed by atoms with van der Waals surface area (Å²) in [5.74, 6) is -0.774. The van der Waals surface area contributed by atoms with Gasteiger partial charge in [-0.05, 0) is 161 Å². The van der Waals surface area contributed by atoms with Gasteiger partial charge in [-0.1, -0.05) is 127 Å². The Morgan fingerprint density at radius 2 is 0.897 bits per heavy atom. The maximum Gasteiger partial charge on any atom is 0.265 e. The quantitative estimate of drug-likeness (QED) is 0.0360. The van der Waals surface area contributed by atoms with E-state index < -0.39 is 41.0 Å². The minimum atomic E-state index is -4.06. The smallest absolute Gasteiger partial charge is 0.265 e. The number of hydroxylamine groups is 2. The molecule has 2 aliphatic heterocycles. The minimum Gasteiger partial charge on any atom is -0.494 e. The molecule has 0 aromatic heterocycles. The monoisotopic (exact) mass is 1090 g/mol. The molecule has 10 rings (SSSR count). The maximum absolute atomic E-state index is 13.4. The lowest BCUT2D eigenvalue weighted by atomic mass is 9.96. The lowest BCUT2D eigenvalue weighted by Crippen LogP contribution is -2.54. The molecule has 2 aliphatic rings. The number of rotatable bonds is 18. The fourth-order valence-electron chi connectivity index (χ4n) is 10.3. The van der Waals surface area contributed by atoms with Gasteiger partial charge in [-0.25, -0.2) is 27.8 Å². The molecule has 0 saturated carbocycles. The fourth-order valence-corrected chi connectivity index (χ4v) is 14.2. The number of hydrogen-bond donors (Lipinski definition) is 4. The van der Waals surface area contributed by atoms with Crippen LogP contribution in [0.25, 0.3) is 43.8 Å². The van der Waals surface area contributed by atoms with Gasteiger partial charge in [-0.15, -0.1) is 0 Å². The van der Waals surface area contributed by atoms with Gasteiger partial charge in [-0.3, -0.25) is 20.0 Å². The van der Waals surface area contributed by atoms with Crippen LogP contribution in [0.5, 0.6) is 11.5 Å². The molecule has 0 bridgehead atoms. The zero-order valence-corrected chi connectivity index (χ0v) is 44.6. The molecule has 78 heavy (non-hydrogen) atoms. The van der Waals surface area contributed by atoms with Crippen LogP contribution in [0.2, 0.25) is 0 Å². The number of ether oxygens (including phenoxy) is 4. The molecule has 0 unspecified atom stereocenters. The Bertz CT molecular complexity index is 3580. The van der Waals surface area contributed by atoms with Gasteiger partial charge in [0.15, 0.2) is 29.2 Å². The number of nitrogens with one attached hydrogen (secondary N) is 2. The van der Waals surface area contributed by atoms with Crippen molar-refractivity contribution < 1.29 is 55.8 Å². The molecule has 2 fully saturated rings. The van der Waals surface area contributed by atoms with E-state index in [-0.39, 0.29) is 61.9 Å². The molecule has 0 radical (unpaired) electrons. The predicted octanol–water partition coefficient (Wildman–Crippen LogP) is 10.7. The van der Waals surface area contributed by atoms with Gasteiger partial charge < -0.3 is 18.9 Å². The average Bonchev–Trinajstić information content (AvgIpc) is 3.62. The highest BCUT2D eigenvalue weighted by Crippen LogP contribution is 2.38. The highest BCUT2D eigenvalue weighted by molar-refractivity contribution is 7.94. The van der Waals surface area contributed by atoms with Crippen molar-refractivity contribution in [3.05, 3.63) is 193 Å². The lowest BCUT2D eigenvalue weighted by Gasteiger charge is -2.34. The number of benzene rings is 8. The largest absolute Gasteiger partial charge is 0.494 e. The van der Waals surface area contributed by atoms with Gasteiger partial charge >= 0.3 is 0 Å². The van der Waals surface area contributed by atoms with Crippen molar-refractivity contribution in [2.45, 2.75) is 70.7 Å². The van der Waals surface area contributed by atoms with Crippen LogP contribution in [-0.4, -0.2) is 88.2 Å². The molecular weight excluding hydrogens is 1030 g/mol. The first-order valence-corrected chi connectivity index (χ1v) is 29.0. The van der Waals surface area contributed by atoms with Crippen molar-refractivity contribution >= 4 is 53.0 Å². The van der Waals surface area contributed by atoms with E-state index in [2.05, 4.69) is 115 Å². The molecule has 0 aliphatic carbocycles. The van der Waals surface area contributed by atoms with E-state index in [4.69, 9.17) is 18.9 Å². The fraction of sp³-hybridized carbons (Fsp3) is 0.258. The number of fused-ring (bicyclic) bond motifs is 2. The van der Waals surface area contributed by atoms with Gasteiger partial charge in [0.05, 0.1) is 23.0 Å². The SMILES string of the molecule is O=C(NO)C1(S(=O)(=O)c2ccc(OCCCc3cccc(-c4ccc5ccccc5c4)c3)cc2)CCOCC1.O=C(NO)C1(S(=O)(=O)c2ccc(OCCCc3cccc(-c4cccc5ccccc45)c3)cc2)CCOCC1. The summed E-state index contributed by atoms with van der Waals surface area (Å²) >= 11 is 0. The summed E-state index contributed by atoms with van der Waals surface area (Å²) in [5, 5.41) is 23.3. The van der Waals surface area contributed by atoms with E-state index in [0.717, 1.165) is 25.7 Å². The van der Waals surface area contributed by atoms with Crippen LogP contribution in [0.4, 0.5) is 0 Å². The number of sulfone groups is 2. The van der Waals surface area contributed by atoms with E-state index in [1.165, 1.54) is 90.2 Å². The van der Waals surface area contributed by atoms with Crippen LogP contribution in [0.3, 0.4) is 0 Å². The lowest BCUT2D eigenvalue weighted by molar-refractivity contribution is -0.135. The van der Waals surface area contributed by atoms with E-state index in [1.807, 2.05) is 18.2 Å². The number of carbonyl (C=O) groups is 2. The van der Waals surface area contributed by atoms with Gasteiger partial charge in [0.25, 0.3) is 11.8 Å². The molecule has 14 nitrogen and oxygen atoms in total. The standard InChI is InChI=1S/2C31H31NO6S/c33-30(32-34)31(17-20-37-21-18-31)39(35,36)27-15-13-26(14-16-27)38-19-5-7-23-6-3-10-25(22-23)29-12-4-9-24-8-1-2-11-28(24)29;33-30(32-34)31(16-19-37-20-17-31)39(35,36)29-14-12-28(13-15-29)38-18-4-6-23-5-3-9-25(21-23)27-11-10-24-7-1-2-8-26(24)22-27/h1-4,6,8-16,22,34H,5,7,17-21H2,(H,32,33);1-3,5,7-15,21-22,34H,4,6,16-20H2,(H,32,33). The molecule has 2 saturated heterocycles. The molecule has 404 valence electrons. The van der Waals surface area contributed by atoms with Crippen LogP contribution in [0.1, 0.15) is 49.7 Å². The van der Waals surface area contributed by atoms with E-state index in [1.54, 1.807) is 24.3 Å². The van der Waals surface area contributed by atoms with Crippen molar-refractivity contribution in [1.29, 1.82) is 0 Å². The minimum absolute atomic E-state index is 0.00519. The average molecular weight is 1090 g/mol. The van der Waals surface area contributed by atoms with Crippen LogP contribution in [-0.2, 0) is 51.6 Å². The van der Waals surface area contributed by atoms with E-state index in [0.29, 0.717) is 24.7 Å². The van der Waals surface area contributed by atoms with Crippen molar-refractivity contribution in [2.75, 3.05) is 39.6 Å². The molecule has 2 amide bonds. The Morgan fingerprint density at radius 1 is 0.462 bits per heavy atom. The van der Waals surface area contributed by atoms with Crippen molar-refractivity contribution in [3.63, 3.8) is 0 Å². The summed E-state index contributed by atoms with van der Waals surface area (Å²) in [6.45, 7) is 1.44. The third-order valence-corrected chi connectivity index (χ3v) is 19.8. The predicted molar refractivity (Wildman–Crippen MR) is 299 cm³/mol. The first-order valence-electron chi connectivity index (χ1n) is 26.0. The summed E-state index contributed by atoms with van der Waals surface area (Å²) in [5.41, 5.74) is 10.2. The van der Waals surface area contributed by atoms with Crippen molar-refractivity contribution in [2.24, 2.45) is 0 Å². The van der Waals surface area contributed by atoms with Crippen LogP contribution in [0.15, 0.2) is 192 Å². The molecule has 2 heterocycles. The highest BCUT2D eigenvalue weighted by atomic mass is 32.2. The second-order valence-electron chi connectivity index (χ2n) is 19.4. The summed E-state index contributed by atoms with van der Waals surface area (Å²) in [4.78, 5) is 24.8. The third-order valence-electron chi connectivity index (χ3n) is 14.7. The second kappa shape index (κ2) is 24.9. The molecular formula is C62H62N2O12S2. The summed E-state index contributed by atoms with van der Waals surface area (Å²) in [6, 6.07) is 58.8. The summed E-state index contributed by atoms with van der Waals surface area (Å²) in [7, 11) is -8.12. The van der Waals surface area contributed by atoms with E-state index >= 15 is 0 Å². The Labute approximate surface area is 454 Å². The van der Waals surface area contributed by atoms with Gasteiger partial charge in [0.2, 0.25) is 0 Å². The normalized spacial score (nSPS) is 15.1. The van der Waals surface area contributed by atoms with Crippen molar-refractivity contribution in [1.82, 2.24) is 11.0 Å². The molecule has 8 aromatic rings. The summed E-state index contributed by atoms with van der Waals surface area (Å²) in [6.07, 6.45) is 3.16. The number of hydrogen-bond acceptors (Lipinski definition) is 12. The molecule has 8 aromatic carbocycles. The highest BCUT2D eigenvalue weighted by Gasteiger charge is 2.53. The zero-order chi connectivity index (χ0) is 54.6. The number of aryl methyl sites for hydroxylation is 2. The second-order valence-corrected chi connectivity index (χ2v) is 24.0.